The molecule has 0 spiro atoms. The van der Waals surface area contributed by atoms with Crippen molar-refractivity contribution >= 4 is 6.03 Å². The van der Waals surface area contributed by atoms with Crippen molar-refractivity contribution in [3.8, 4) is 11.1 Å². The number of carbonyl (C=O) groups is 1. The van der Waals surface area contributed by atoms with E-state index in [4.69, 9.17) is 9.47 Å². The van der Waals surface area contributed by atoms with Gasteiger partial charge in [-0.25, -0.2) is 4.79 Å². The van der Waals surface area contributed by atoms with Gasteiger partial charge in [0.1, 0.15) is 0 Å². The summed E-state index contributed by atoms with van der Waals surface area (Å²) in [7, 11) is 0. The third-order valence-corrected chi connectivity index (χ3v) is 12.3. The second kappa shape index (κ2) is 15.2. The van der Waals surface area contributed by atoms with Gasteiger partial charge in [-0.3, -0.25) is 0 Å². The molecule has 7 nitrogen and oxygen atoms in total. The molecule has 3 aromatic carbocycles. The Morgan fingerprint density at radius 1 is 0.740 bits per heavy atom. The van der Waals surface area contributed by atoms with Crippen molar-refractivity contribution in [3.63, 3.8) is 0 Å². The summed E-state index contributed by atoms with van der Waals surface area (Å²) in [6.07, 6.45) is 14.3. The van der Waals surface area contributed by atoms with E-state index in [0.29, 0.717) is 6.54 Å². The minimum absolute atomic E-state index is 0.0116. The highest BCUT2D eigenvalue weighted by molar-refractivity contribution is 5.75. The fraction of sp³-hybridized carbons (Fsp3) is 0.558. The Kier molecular flexibility index (Phi) is 10.3. The number of aliphatic hydroxyl groups excluding tert-OH is 1. The highest BCUT2D eigenvalue weighted by Crippen LogP contribution is 2.55. The summed E-state index contributed by atoms with van der Waals surface area (Å²) in [5.74, 6) is 2.41. The van der Waals surface area contributed by atoms with E-state index in [2.05, 4.69) is 76.2 Å². The molecule has 6 fully saturated rings. The van der Waals surface area contributed by atoms with E-state index in [1.807, 2.05) is 12.1 Å². The van der Waals surface area contributed by atoms with Gasteiger partial charge in [-0.2, -0.15) is 0 Å². The Bertz CT molecular complexity index is 1560. The van der Waals surface area contributed by atoms with Crippen LogP contribution in [0.2, 0.25) is 0 Å². The zero-order valence-electron chi connectivity index (χ0n) is 29.5. The van der Waals surface area contributed by atoms with Crippen molar-refractivity contribution < 1.29 is 19.4 Å². The Labute approximate surface area is 298 Å². The lowest BCUT2D eigenvalue weighted by molar-refractivity contribution is -0.253. The van der Waals surface area contributed by atoms with Crippen LogP contribution in [-0.4, -0.2) is 47.3 Å². The lowest BCUT2D eigenvalue weighted by Crippen LogP contribution is -2.61. The van der Waals surface area contributed by atoms with Crippen LogP contribution in [0.25, 0.3) is 11.1 Å². The molecule has 4 aliphatic carbocycles. The zero-order valence-corrected chi connectivity index (χ0v) is 29.5. The van der Waals surface area contributed by atoms with Gasteiger partial charge in [-0.1, -0.05) is 79.9 Å². The standard InChI is InChI=1S/C43H55N3O4/c47-29-30-12-14-35(15-13-30)40-23-39(28-46-16-4-2-1-3-5-17-46)49-41(50-40)38-11-7-10-37(22-38)36-9-6-8-31(21-36)27-44-42(48)45-43-24-32-18-33(25-43)20-34(19-32)26-43/h6-15,21-22,32-34,39-41,47H,1-5,16-20,23-29H2,(H2,44,45,48)/t32?,33?,34?,39-,40+,41+,43?/m1/s1. The molecular formula is C43H55N3O4. The zero-order chi connectivity index (χ0) is 33.9. The van der Waals surface area contributed by atoms with Crippen molar-refractivity contribution in [3.05, 3.63) is 95.1 Å². The average molecular weight is 678 g/mol. The second-order valence-corrected chi connectivity index (χ2v) is 16.2. The maximum Gasteiger partial charge on any atom is 0.315 e. The summed E-state index contributed by atoms with van der Waals surface area (Å²) >= 11 is 0. The molecule has 7 heteroatoms. The minimum atomic E-state index is -0.482. The number of likely N-dealkylation sites (tertiary alicyclic amines) is 1. The fourth-order valence-electron chi connectivity index (χ4n) is 10.3. The van der Waals surface area contributed by atoms with Crippen LogP contribution in [0.5, 0.6) is 0 Å². The number of nitrogens with zero attached hydrogens (tertiary/aromatic N) is 1. The summed E-state index contributed by atoms with van der Waals surface area (Å²) in [5.41, 5.74) is 6.34. The SMILES string of the molecule is O=C(NCc1cccc(-c2cccc([C@H]3O[C@@H](CN4CCCCCCC4)C[C@@H](c4ccc(CO)cc4)O3)c2)c1)NC12CC3CC(CC(C3)C1)C2. The lowest BCUT2D eigenvalue weighted by atomic mass is 9.53. The number of urea groups is 1. The smallest absolute Gasteiger partial charge is 0.315 e. The maximum atomic E-state index is 13.2. The molecule has 50 heavy (non-hydrogen) atoms. The Balaban J connectivity index is 0.950. The van der Waals surface area contributed by atoms with Gasteiger partial charge >= 0.3 is 6.03 Å². The number of hydrogen-bond donors (Lipinski definition) is 3. The molecule has 3 aromatic rings. The van der Waals surface area contributed by atoms with Crippen LogP contribution in [0, 0.1) is 17.8 Å². The number of benzene rings is 3. The molecule has 266 valence electrons. The highest BCUT2D eigenvalue weighted by atomic mass is 16.7. The maximum absolute atomic E-state index is 13.2. The molecule has 6 aliphatic rings. The molecule has 0 radical (unpaired) electrons. The number of nitrogens with one attached hydrogen (secondary N) is 2. The van der Waals surface area contributed by atoms with Gasteiger partial charge in [0, 0.05) is 30.6 Å². The molecule has 2 amide bonds. The molecule has 3 N–H and O–H groups in total. The highest BCUT2D eigenvalue weighted by Gasteiger charge is 2.51. The van der Waals surface area contributed by atoms with Crippen molar-refractivity contribution in [2.75, 3.05) is 19.6 Å². The number of hydrogen-bond acceptors (Lipinski definition) is 5. The summed E-state index contributed by atoms with van der Waals surface area (Å²) < 4.78 is 13.5. The summed E-state index contributed by atoms with van der Waals surface area (Å²) in [5, 5.41) is 16.2. The number of carbonyl (C=O) groups excluding carboxylic acids is 1. The number of aliphatic hydroxyl groups is 1. The fourth-order valence-corrected chi connectivity index (χ4v) is 10.3. The van der Waals surface area contributed by atoms with Gasteiger partial charge < -0.3 is 30.1 Å². The van der Waals surface area contributed by atoms with E-state index in [1.54, 1.807) is 0 Å². The van der Waals surface area contributed by atoms with Crippen molar-refractivity contribution in [2.24, 2.45) is 17.8 Å². The molecule has 0 unspecified atom stereocenters. The topological polar surface area (TPSA) is 83.1 Å². The first kappa shape index (κ1) is 33.9. The molecule has 2 aliphatic heterocycles. The van der Waals surface area contributed by atoms with E-state index in [-0.39, 0.29) is 30.4 Å². The van der Waals surface area contributed by atoms with E-state index in [0.717, 1.165) is 96.5 Å². The minimum Gasteiger partial charge on any atom is -0.392 e. The molecule has 3 atom stereocenters. The van der Waals surface area contributed by atoms with Crippen LogP contribution in [0.1, 0.15) is 112 Å². The Hall–Kier alpha value is -3.23. The molecular weight excluding hydrogens is 622 g/mol. The van der Waals surface area contributed by atoms with Crippen LogP contribution >= 0.6 is 0 Å². The van der Waals surface area contributed by atoms with Crippen LogP contribution in [0.4, 0.5) is 4.79 Å². The van der Waals surface area contributed by atoms with Gasteiger partial charge in [-0.05, 0) is 122 Å². The van der Waals surface area contributed by atoms with E-state index in [9.17, 15) is 9.90 Å². The average Bonchev–Trinajstić information content (AvgIpc) is 3.11. The Morgan fingerprint density at radius 3 is 2.10 bits per heavy atom. The number of rotatable bonds is 9. The summed E-state index contributed by atoms with van der Waals surface area (Å²) in [6.45, 7) is 3.71. The van der Waals surface area contributed by atoms with Crippen molar-refractivity contribution in [2.45, 2.75) is 114 Å². The lowest BCUT2D eigenvalue weighted by Gasteiger charge is -2.56. The predicted molar refractivity (Wildman–Crippen MR) is 196 cm³/mol. The third kappa shape index (κ3) is 7.97. The molecule has 0 aromatic heterocycles. The largest absolute Gasteiger partial charge is 0.392 e. The molecule has 2 heterocycles. The van der Waals surface area contributed by atoms with Crippen molar-refractivity contribution in [1.82, 2.24) is 15.5 Å². The monoisotopic (exact) mass is 677 g/mol. The molecule has 2 saturated heterocycles. The van der Waals surface area contributed by atoms with Gasteiger partial charge in [0.25, 0.3) is 0 Å². The third-order valence-electron chi connectivity index (χ3n) is 12.3. The molecule has 4 saturated carbocycles. The van der Waals surface area contributed by atoms with Gasteiger partial charge in [-0.15, -0.1) is 0 Å². The van der Waals surface area contributed by atoms with Crippen LogP contribution in [0.15, 0.2) is 72.8 Å². The molecule has 9 rings (SSSR count). The van der Waals surface area contributed by atoms with Gasteiger partial charge in [0.05, 0.1) is 18.8 Å². The number of amides is 2. The van der Waals surface area contributed by atoms with E-state index < -0.39 is 6.29 Å². The summed E-state index contributed by atoms with van der Waals surface area (Å²) in [4.78, 5) is 15.8. The van der Waals surface area contributed by atoms with Gasteiger partial charge in [0.15, 0.2) is 6.29 Å². The first-order chi connectivity index (χ1) is 24.5. The second-order valence-electron chi connectivity index (χ2n) is 16.2. The normalized spacial score (nSPS) is 31.1. The first-order valence-corrected chi connectivity index (χ1v) is 19.5. The Morgan fingerprint density at radius 2 is 1.40 bits per heavy atom. The van der Waals surface area contributed by atoms with E-state index >= 15 is 0 Å². The van der Waals surface area contributed by atoms with Gasteiger partial charge in [0.2, 0.25) is 0 Å². The van der Waals surface area contributed by atoms with Crippen LogP contribution in [-0.2, 0) is 22.6 Å². The van der Waals surface area contributed by atoms with Crippen molar-refractivity contribution in [1.29, 1.82) is 0 Å². The predicted octanol–water partition coefficient (Wildman–Crippen LogP) is 8.43. The van der Waals surface area contributed by atoms with Crippen LogP contribution < -0.4 is 10.6 Å². The molecule has 4 bridgehead atoms. The summed E-state index contributed by atoms with van der Waals surface area (Å²) in [6, 6.07) is 25.2. The van der Waals surface area contributed by atoms with E-state index in [1.165, 1.54) is 51.4 Å². The van der Waals surface area contributed by atoms with Crippen LogP contribution in [0.3, 0.4) is 0 Å². The quantitative estimate of drug-likeness (QED) is 0.212. The number of ether oxygens (including phenoxy) is 2. The first-order valence-electron chi connectivity index (χ1n) is 19.5.